The van der Waals surface area contributed by atoms with Crippen LogP contribution < -0.4 is 0 Å². The SMILES string of the molecule is O=Cc1ccc(-c2ccc3c(c2)C2OC3OC3OC(OC4OC(O2)c2ccc(-c5ccc(C=O)c(C=O)c5)cc24)c2cc(-c4ccc(C=O)c(C=O)c4)ccc23)cc1C=O. The Bertz CT molecular complexity index is 2810. The van der Waals surface area contributed by atoms with Crippen molar-refractivity contribution in [1.29, 1.82) is 0 Å². The Morgan fingerprint density at radius 3 is 0.717 bits per heavy atom. The highest BCUT2D eigenvalue weighted by Gasteiger charge is 2.46. The third-order valence-electron chi connectivity index (χ3n) is 11.3. The van der Waals surface area contributed by atoms with Crippen LogP contribution in [0.2, 0.25) is 0 Å². The molecule has 10 rings (SSSR count). The maximum absolute atomic E-state index is 11.9. The van der Waals surface area contributed by atoms with Gasteiger partial charge < -0.3 is 28.4 Å². The standard InChI is InChI=1S/C48H30O12/c49-19-31-4-1-25(13-34(31)22-52)28-7-10-37-40(16-28)46-56-43(37)55-44-38-11-8-29(26-2-5-32(20-50)35(14-26)23-53)17-41(38)47(57-44)60-48-42-18-30(9-12-39(42)45(58-46)59-48)27-3-6-33(21-51)36(15-27)24-54/h1-24,43-48H. The van der Waals surface area contributed by atoms with Crippen molar-refractivity contribution in [3.05, 3.63) is 176 Å². The molecule has 60 heavy (non-hydrogen) atoms. The summed E-state index contributed by atoms with van der Waals surface area (Å²) < 4.78 is 39.5. The monoisotopic (exact) mass is 798 g/mol. The molecule has 0 aromatic heterocycles. The highest BCUT2D eigenvalue weighted by atomic mass is 16.9. The summed E-state index contributed by atoms with van der Waals surface area (Å²) in [4.78, 5) is 70.2. The number of carbonyl (C=O) groups is 6. The predicted molar refractivity (Wildman–Crippen MR) is 211 cm³/mol. The molecule has 4 aliphatic heterocycles. The zero-order chi connectivity index (χ0) is 41.1. The summed E-state index contributed by atoms with van der Waals surface area (Å²) >= 11 is 0. The van der Waals surface area contributed by atoms with Crippen molar-refractivity contribution < 1.29 is 57.2 Å². The number of fused-ring (bicyclic) bond motifs is 15. The average Bonchev–Trinajstić information content (AvgIpc) is 3.95. The molecular weight excluding hydrogens is 769 g/mol. The molecule has 4 aliphatic rings. The van der Waals surface area contributed by atoms with Crippen molar-refractivity contribution in [3.8, 4) is 33.4 Å². The van der Waals surface area contributed by atoms with Gasteiger partial charge in [0, 0.05) is 66.8 Å². The summed E-state index contributed by atoms with van der Waals surface area (Å²) in [5, 5.41) is 0. The van der Waals surface area contributed by atoms with Gasteiger partial charge in [-0.15, -0.1) is 0 Å². The van der Waals surface area contributed by atoms with Crippen LogP contribution in [0.1, 0.15) is 133 Å². The van der Waals surface area contributed by atoms with Crippen molar-refractivity contribution >= 4 is 37.7 Å². The molecule has 0 spiro atoms. The van der Waals surface area contributed by atoms with E-state index in [0.717, 1.165) is 16.7 Å². The molecular formula is C48H30O12. The third kappa shape index (κ3) is 6.26. The summed E-state index contributed by atoms with van der Waals surface area (Å²) in [6.07, 6.45) is -2.21. The molecule has 0 amide bonds. The van der Waals surface area contributed by atoms with Gasteiger partial charge in [0.05, 0.1) is 0 Å². The minimum Gasteiger partial charge on any atom is -0.315 e. The van der Waals surface area contributed by atoms with E-state index < -0.39 is 37.7 Å². The van der Waals surface area contributed by atoms with Gasteiger partial charge >= 0.3 is 0 Å². The summed E-state index contributed by atoms with van der Waals surface area (Å²) in [7, 11) is 0. The van der Waals surface area contributed by atoms with E-state index in [4.69, 9.17) is 28.4 Å². The van der Waals surface area contributed by atoms with Crippen LogP contribution >= 0.6 is 0 Å². The van der Waals surface area contributed by atoms with Crippen molar-refractivity contribution in [1.82, 2.24) is 0 Å². The molecule has 1 fully saturated rings. The first-order valence-electron chi connectivity index (χ1n) is 18.9. The van der Waals surface area contributed by atoms with Gasteiger partial charge in [0.2, 0.25) is 0 Å². The normalized spacial score (nSPS) is 22.0. The second-order valence-corrected chi connectivity index (χ2v) is 14.6. The maximum Gasteiger partial charge on any atom is 0.191 e. The molecule has 0 aliphatic carbocycles. The molecule has 6 atom stereocenters. The van der Waals surface area contributed by atoms with Crippen molar-refractivity contribution in [2.45, 2.75) is 37.7 Å². The van der Waals surface area contributed by atoms with Gasteiger partial charge in [-0.1, -0.05) is 72.8 Å². The number of ether oxygens (including phenoxy) is 6. The Labute approximate surface area is 341 Å². The lowest BCUT2D eigenvalue weighted by Gasteiger charge is -2.24. The van der Waals surface area contributed by atoms with Gasteiger partial charge in [-0.05, 0) is 69.8 Å². The van der Waals surface area contributed by atoms with Crippen LogP contribution in [0.5, 0.6) is 0 Å². The Hall–Kier alpha value is -6.90. The highest BCUT2D eigenvalue weighted by Crippen LogP contribution is 2.54. The molecule has 6 aromatic rings. The van der Waals surface area contributed by atoms with Crippen LogP contribution in [0.3, 0.4) is 0 Å². The fourth-order valence-corrected chi connectivity index (χ4v) is 8.16. The minimum atomic E-state index is -1.04. The van der Waals surface area contributed by atoms with Crippen LogP contribution in [-0.4, -0.2) is 37.7 Å². The number of aldehydes is 6. The fraction of sp³-hybridized carbons (Fsp3) is 0.125. The van der Waals surface area contributed by atoms with Crippen LogP contribution in [0, 0.1) is 0 Å². The van der Waals surface area contributed by atoms with E-state index in [1.807, 2.05) is 54.6 Å². The van der Waals surface area contributed by atoms with Gasteiger partial charge in [0.25, 0.3) is 0 Å². The van der Waals surface area contributed by atoms with Gasteiger partial charge in [0.15, 0.2) is 75.5 Å². The number of carbonyl (C=O) groups excluding carboxylic acids is 6. The first-order valence-corrected chi connectivity index (χ1v) is 18.9. The van der Waals surface area contributed by atoms with E-state index in [-0.39, 0.29) is 33.4 Å². The van der Waals surface area contributed by atoms with E-state index in [1.165, 1.54) is 0 Å². The van der Waals surface area contributed by atoms with Crippen LogP contribution in [0.4, 0.5) is 0 Å². The second kappa shape index (κ2) is 15.0. The van der Waals surface area contributed by atoms with E-state index in [2.05, 4.69) is 0 Å². The molecule has 294 valence electrons. The molecule has 12 heteroatoms. The summed E-state index contributed by atoms with van der Waals surface area (Å²) in [5.74, 6) is 0. The molecule has 0 saturated carbocycles. The average molecular weight is 799 g/mol. The third-order valence-corrected chi connectivity index (χ3v) is 11.3. The highest BCUT2D eigenvalue weighted by molar-refractivity contribution is 5.94. The molecule has 6 unspecified atom stereocenters. The molecule has 6 aromatic carbocycles. The molecule has 0 radical (unpaired) electrons. The zero-order valence-corrected chi connectivity index (χ0v) is 31.2. The number of benzene rings is 6. The number of rotatable bonds is 9. The first-order chi connectivity index (χ1) is 29.4. The second-order valence-electron chi connectivity index (χ2n) is 14.6. The Morgan fingerprint density at radius 1 is 0.250 bits per heavy atom. The van der Waals surface area contributed by atoms with E-state index >= 15 is 0 Å². The molecule has 1 saturated heterocycles. The minimum absolute atomic E-state index is 0.249. The van der Waals surface area contributed by atoms with Crippen LogP contribution in [0.25, 0.3) is 33.4 Å². The van der Waals surface area contributed by atoms with E-state index in [0.29, 0.717) is 87.8 Å². The Balaban J connectivity index is 1.09. The Morgan fingerprint density at radius 2 is 0.467 bits per heavy atom. The molecule has 4 heterocycles. The molecule has 6 bridgehead atoms. The first kappa shape index (κ1) is 37.4. The summed E-state index contributed by atoms with van der Waals surface area (Å²) in [6.45, 7) is 0. The predicted octanol–water partition coefficient (Wildman–Crippen LogP) is 9.11. The summed E-state index contributed by atoms with van der Waals surface area (Å²) in [6, 6.07) is 31.8. The van der Waals surface area contributed by atoms with Gasteiger partial charge in [-0.25, -0.2) is 0 Å². The Kier molecular flexibility index (Phi) is 9.37. The van der Waals surface area contributed by atoms with Gasteiger partial charge in [-0.2, -0.15) is 0 Å². The lowest BCUT2D eigenvalue weighted by Crippen LogP contribution is -2.15. The quantitative estimate of drug-likeness (QED) is 0.128. The number of hydrogen-bond acceptors (Lipinski definition) is 12. The van der Waals surface area contributed by atoms with Crippen molar-refractivity contribution in [3.63, 3.8) is 0 Å². The van der Waals surface area contributed by atoms with Gasteiger partial charge in [0.1, 0.15) is 0 Å². The topological polar surface area (TPSA) is 158 Å². The van der Waals surface area contributed by atoms with Crippen LogP contribution in [0.15, 0.2) is 109 Å². The van der Waals surface area contributed by atoms with Gasteiger partial charge in [-0.3, -0.25) is 28.8 Å². The lowest BCUT2D eigenvalue weighted by atomic mass is 9.96. The van der Waals surface area contributed by atoms with Crippen molar-refractivity contribution in [2.24, 2.45) is 0 Å². The zero-order valence-electron chi connectivity index (χ0n) is 31.2. The summed E-state index contributed by atoms with van der Waals surface area (Å²) in [5.41, 5.74) is 9.70. The molecule has 0 N–H and O–H groups in total. The molecule has 12 nitrogen and oxygen atoms in total. The maximum atomic E-state index is 11.9. The smallest absolute Gasteiger partial charge is 0.191 e. The fourth-order valence-electron chi connectivity index (χ4n) is 8.16. The van der Waals surface area contributed by atoms with E-state index in [1.54, 1.807) is 54.6 Å². The lowest BCUT2D eigenvalue weighted by molar-refractivity contribution is -0.375. The van der Waals surface area contributed by atoms with Crippen LogP contribution in [-0.2, 0) is 28.4 Å². The van der Waals surface area contributed by atoms with Crippen molar-refractivity contribution in [2.75, 3.05) is 0 Å². The number of hydrogen-bond donors (Lipinski definition) is 0. The van der Waals surface area contributed by atoms with E-state index in [9.17, 15) is 28.8 Å². The largest absolute Gasteiger partial charge is 0.315 e.